The van der Waals surface area contributed by atoms with Gasteiger partial charge in [0.15, 0.2) is 0 Å². The highest BCUT2D eigenvalue weighted by Crippen LogP contribution is 2.32. The first-order chi connectivity index (χ1) is 8.99. The van der Waals surface area contributed by atoms with Gasteiger partial charge in [-0.1, -0.05) is 19.3 Å². The molecule has 0 aromatic heterocycles. The molecule has 1 heterocycles. The zero-order valence-electron chi connectivity index (χ0n) is 13.1. The van der Waals surface area contributed by atoms with Crippen LogP contribution in [-0.2, 0) is 4.79 Å². The molecule has 1 aliphatic carbocycles. The molecule has 1 saturated heterocycles. The summed E-state index contributed by atoms with van der Waals surface area (Å²) in [6.45, 7) is 4.65. The van der Waals surface area contributed by atoms with Crippen molar-refractivity contribution in [1.82, 2.24) is 15.5 Å². The molecule has 0 aromatic carbocycles. The van der Waals surface area contributed by atoms with E-state index in [0.717, 1.165) is 26.1 Å². The lowest BCUT2D eigenvalue weighted by Gasteiger charge is -2.43. The summed E-state index contributed by atoms with van der Waals surface area (Å²) in [7, 11) is 4.30. The van der Waals surface area contributed by atoms with E-state index in [0.29, 0.717) is 0 Å². The maximum Gasteiger partial charge on any atom is 0.227 e. The second-order valence-corrected chi connectivity index (χ2v) is 6.85. The van der Waals surface area contributed by atoms with Crippen LogP contribution >= 0.6 is 12.4 Å². The Morgan fingerprint density at radius 3 is 2.35 bits per heavy atom. The number of hydrogen-bond donors (Lipinski definition) is 2. The highest BCUT2D eigenvalue weighted by Gasteiger charge is 2.39. The van der Waals surface area contributed by atoms with E-state index in [9.17, 15) is 4.79 Å². The van der Waals surface area contributed by atoms with E-state index in [2.05, 4.69) is 36.6 Å². The molecule has 2 fully saturated rings. The molecule has 1 unspecified atom stereocenters. The third-order valence-electron chi connectivity index (χ3n) is 5.23. The molecule has 5 heteroatoms. The molecule has 0 radical (unpaired) electrons. The van der Waals surface area contributed by atoms with Crippen LogP contribution in [0.2, 0.25) is 0 Å². The Morgan fingerprint density at radius 1 is 1.20 bits per heavy atom. The first-order valence-corrected chi connectivity index (χ1v) is 7.65. The van der Waals surface area contributed by atoms with Gasteiger partial charge in [-0.05, 0) is 46.8 Å². The maximum atomic E-state index is 12.4. The van der Waals surface area contributed by atoms with E-state index in [1.807, 2.05) is 0 Å². The summed E-state index contributed by atoms with van der Waals surface area (Å²) in [5.74, 6) is 0.226. The molecular formula is C15H30ClN3O. The molecule has 2 N–H and O–H groups in total. The highest BCUT2D eigenvalue weighted by atomic mass is 35.5. The molecule has 1 atom stereocenters. The summed E-state index contributed by atoms with van der Waals surface area (Å²) >= 11 is 0. The van der Waals surface area contributed by atoms with E-state index in [-0.39, 0.29) is 29.3 Å². The molecular weight excluding hydrogens is 274 g/mol. The van der Waals surface area contributed by atoms with Crippen LogP contribution in [0.4, 0.5) is 0 Å². The topological polar surface area (TPSA) is 44.4 Å². The van der Waals surface area contributed by atoms with Crippen LogP contribution in [0.1, 0.15) is 45.4 Å². The van der Waals surface area contributed by atoms with E-state index < -0.39 is 0 Å². The molecule has 0 bridgehead atoms. The van der Waals surface area contributed by atoms with Gasteiger partial charge in [-0.2, -0.15) is 0 Å². The quantitative estimate of drug-likeness (QED) is 0.832. The molecule has 1 aliphatic heterocycles. The van der Waals surface area contributed by atoms with Gasteiger partial charge in [-0.3, -0.25) is 4.79 Å². The van der Waals surface area contributed by atoms with Gasteiger partial charge in [0.05, 0.1) is 5.41 Å². The number of amides is 1. The Hall–Kier alpha value is -0.320. The third-order valence-corrected chi connectivity index (χ3v) is 5.23. The molecule has 0 spiro atoms. The SMILES string of the molecule is CN(C)C1(CNC(=O)C2(C)CCNC2)CCCCC1.Cl. The minimum Gasteiger partial charge on any atom is -0.354 e. The first kappa shape index (κ1) is 17.7. The Kier molecular flexibility index (Phi) is 6.29. The van der Waals surface area contributed by atoms with Crippen molar-refractivity contribution in [2.45, 2.75) is 51.0 Å². The van der Waals surface area contributed by atoms with Crippen LogP contribution < -0.4 is 10.6 Å². The lowest BCUT2D eigenvalue weighted by atomic mass is 9.80. The van der Waals surface area contributed by atoms with Gasteiger partial charge in [0.25, 0.3) is 0 Å². The number of hydrogen-bond acceptors (Lipinski definition) is 3. The van der Waals surface area contributed by atoms with Crippen molar-refractivity contribution in [2.75, 3.05) is 33.7 Å². The molecule has 20 heavy (non-hydrogen) atoms. The number of halogens is 1. The molecule has 118 valence electrons. The van der Waals surface area contributed by atoms with Gasteiger partial charge in [-0.25, -0.2) is 0 Å². The van der Waals surface area contributed by atoms with Gasteiger partial charge in [0, 0.05) is 18.6 Å². The monoisotopic (exact) mass is 303 g/mol. The van der Waals surface area contributed by atoms with Crippen molar-refractivity contribution in [1.29, 1.82) is 0 Å². The Bertz CT molecular complexity index is 321. The van der Waals surface area contributed by atoms with Crippen molar-refractivity contribution in [2.24, 2.45) is 5.41 Å². The van der Waals surface area contributed by atoms with Gasteiger partial charge in [0.2, 0.25) is 5.91 Å². The lowest BCUT2D eigenvalue weighted by molar-refractivity contribution is -0.130. The van der Waals surface area contributed by atoms with Crippen molar-refractivity contribution in [3.8, 4) is 0 Å². The summed E-state index contributed by atoms with van der Waals surface area (Å²) in [5.41, 5.74) is -0.0293. The molecule has 2 rings (SSSR count). The number of carbonyl (C=O) groups is 1. The largest absolute Gasteiger partial charge is 0.354 e. The summed E-state index contributed by atoms with van der Waals surface area (Å²) in [6, 6.07) is 0. The predicted molar refractivity (Wildman–Crippen MR) is 85.4 cm³/mol. The predicted octanol–water partition coefficient (Wildman–Crippen LogP) is 1.79. The fraction of sp³-hybridized carbons (Fsp3) is 0.933. The fourth-order valence-corrected chi connectivity index (χ4v) is 3.46. The minimum absolute atomic E-state index is 0. The molecule has 1 amide bonds. The van der Waals surface area contributed by atoms with Crippen LogP contribution in [0.25, 0.3) is 0 Å². The maximum absolute atomic E-state index is 12.4. The van der Waals surface area contributed by atoms with Crippen LogP contribution in [0.3, 0.4) is 0 Å². The zero-order valence-corrected chi connectivity index (χ0v) is 13.9. The van der Waals surface area contributed by atoms with Crippen LogP contribution in [-0.4, -0.2) is 50.1 Å². The molecule has 0 aromatic rings. The average molecular weight is 304 g/mol. The van der Waals surface area contributed by atoms with Crippen molar-refractivity contribution in [3.05, 3.63) is 0 Å². The number of carbonyl (C=O) groups excluding carboxylic acids is 1. The lowest BCUT2D eigenvalue weighted by Crippen LogP contribution is -2.55. The number of nitrogens with zero attached hydrogens (tertiary/aromatic N) is 1. The Morgan fingerprint density at radius 2 is 1.85 bits per heavy atom. The second-order valence-electron chi connectivity index (χ2n) is 6.85. The summed E-state index contributed by atoms with van der Waals surface area (Å²) in [6.07, 6.45) is 7.27. The summed E-state index contributed by atoms with van der Waals surface area (Å²) in [5, 5.41) is 6.53. The highest BCUT2D eigenvalue weighted by molar-refractivity contribution is 5.85. The number of rotatable bonds is 4. The van der Waals surface area contributed by atoms with E-state index in [1.165, 1.54) is 32.1 Å². The van der Waals surface area contributed by atoms with Gasteiger partial charge >= 0.3 is 0 Å². The average Bonchev–Trinajstić information content (AvgIpc) is 2.85. The first-order valence-electron chi connectivity index (χ1n) is 7.65. The number of nitrogens with one attached hydrogen (secondary N) is 2. The standard InChI is InChI=1S/C15H29N3O.ClH/c1-14(9-10-16-11-14)13(19)17-12-15(18(2)3)7-5-4-6-8-15;/h16H,4-12H2,1-3H3,(H,17,19);1H. The summed E-state index contributed by atoms with van der Waals surface area (Å²) < 4.78 is 0. The smallest absolute Gasteiger partial charge is 0.227 e. The minimum atomic E-state index is -0.206. The molecule has 1 saturated carbocycles. The van der Waals surface area contributed by atoms with Crippen LogP contribution in [0.5, 0.6) is 0 Å². The zero-order chi connectivity index (χ0) is 13.9. The second kappa shape index (κ2) is 7.10. The van der Waals surface area contributed by atoms with E-state index in [1.54, 1.807) is 0 Å². The third kappa shape index (κ3) is 3.66. The fourth-order valence-electron chi connectivity index (χ4n) is 3.46. The van der Waals surface area contributed by atoms with E-state index >= 15 is 0 Å². The molecule has 4 nitrogen and oxygen atoms in total. The molecule has 2 aliphatic rings. The van der Waals surface area contributed by atoms with Crippen molar-refractivity contribution < 1.29 is 4.79 Å². The summed E-state index contributed by atoms with van der Waals surface area (Å²) in [4.78, 5) is 14.7. The van der Waals surface area contributed by atoms with Crippen molar-refractivity contribution in [3.63, 3.8) is 0 Å². The van der Waals surface area contributed by atoms with Crippen LogP contribution in [0, 0.1) is 5.41 Å². The van der Waals surface area contributed by atoms with Gasteiger partial charge in [0.1, 0.15) is 0 Å². The Balaban J connectivity index is 0.00000200. The van der Waals surface area contributed by atoms with Crippen molar-refractivity contribution >= 4 is 18.3 Å². The van der Waals surface area contributed by atoms with Gasteiger partial charge in [-0.15, -0.1) is 12.4 Å². The van der Waals surface area contributed by atoms with Gasteiger partial charge < -0.3 is 15.5 Å². The normalized spacial score (nSPS) is 29.0. The Labute approximate surface area is 129 Å². The van der Waals surface area contributed by atoms with E-state index in [4.69, 9.17) is 0 Å². The van der Waals surface area contributed by atoms with Crippen LogP contribution in [0.15, 0.2) is 0 Å². The number of likely N-dealkylation sites (N-methyl/N-ethyl adjacent to an activating group) is 1.